The van der Waals surface area contributed by atoms with Crippen molar-refractivity contribution in [3.63, 3.8) is 0 Å². The number of nitrogens with zero attached hydrogens (tertiary/aromatic N) is 4. The molecule has 5 atom stereocenters. The van der Waals surface area contributed by atoms with Gasteiger partial charge in [0.1, 0.15) is 23.7 Å². The zero-order valence-corrected chi connectivity index (χ0v) is 35.5. The van der Waals surface area contributed by atoms with Gasteiger partial charge in [0.05, 0.1) is 55.8 Å². The highest BCUT2D eigenvalue weighted by molar-refractivity contribution is 6.05. The van der Waals surface area contributed by atoms with Gasteiger partial charge in [0, 0.05) is 31.5 Å². The van der Waals surface area contributed by atoms with Crippen molar-refractivity contribution in [3.8, 4) is 22.4 Å². The Labute approximate surface area is 359 Å². The lowest BCUT2D eigenvalue weighted by Gasteiger charge is -2.30. The molecule has 15 nitrogen and oxygen atoms in total. The minimum atomic E-state index is -0.888. The molecular formula is C47H52N8O7. The first-order chi connectivity index (χ1) is 30.1. The van der Waals surface area contributed by atoms with Crippen LogP contribution in [0.3, 0.4) is 0 Å². The number of fused-ring (bicyclic) bond motifs is 3. The lowest BCUT2D eigenvalue weighted by atomic mass is 9.99. The fraction of sp³-hybridized carbons (Fsp3) is 0.362. The number of likely N-dealkylation sites (tertiary alicyclic amines) is 2. The van der Waals surface area contributed by atoms with E-state index in [-0.39, 0.29) is 35.7 Å². The zero-order chi connectivity index (χ0) is 43.5. The number of ether oxygens (including phenoxy) is 3. The van der Waals surface area contributed by atoms with Crippen molar-refractivity contribution < 1.29 is 33.4 Å². The van der Waals surface area contributed by atoms with E-state index in [2.05, 4.69) is 69.1 Å². The van der Waals surface area contributed by atoms with Crippen molar-refractivity contribution in [2.45, 2.75) is 57.3 Å². The molecule has 2 aliphatic heterocycles. The highest BCUT2D eigenvalue weighted by Crippen LogP contribution is 2.38. The second-order valence-electron chi connectivity index (χ2n) is 16.4. The maximum Gasteiger partial charge on any atom is 0.407 e. The van der Waals surface area contributed by atoms with Crippen LogP contribution in [0, 0.1) is 11.8 Å². The number of rotatable bonds is 12. The minimum absolute atomic E-state index is 0.110. The van der Waals surface area contributed by atoms with Gasteiger partial charge < -0.3 is 44.6 Å². The standard InChI is InChI=1S/C47H52N8O7/c1-27(2)39(52-46(58)61-4)44(56)55-25-28(26-60-3)22-38(55)43-49-35-20-18-33-23-32(17-19-34(33)41(35)51-43)29-13-15-30(16-14-29)36-24-48-42(50-36)37-12-9-21-54(37)45(57)40(53-47(59)62-5)31-10-7-6-8-11-31/h6-8,10-11,13-20,23-24,27-28,37-40H,9,12,21-22,25-26H2,1-5H3,(H,48,50)(H,49,51)(H,52,58)(H,53,59)/t28-,37-,38-,39-,40+/m0/s1. The number of alkyl carbamates (subject to hydrolysis) is 2. The third-order valence-electron chi connectivity index (χ3n) is 12.1. The van der Waals surface area contributed by atoms with E-state index in [1.165, 1.54) is 14.2 Å². The van der Waals surface area contributed by atoms with E-state index in [9.17, 15) is 19.2 Å². The third kappa shape index (κ3) is 8.44. The summed E-state index contributed by atoms with van der Waals surface area (Å²) in [5.41, 5.74) is 6.26. The van der Waals surface area contributed by atoms with Crippen molar-refractivity contribution in [2.75, 3.05) is 41.0 Å². The summed E-state index contributed by atoms with van der Waals surface area (Å²) in [4.78, 5) is 72.7. The van der Waals surface area contributed by atoms with Crippen LogP contribution < -0.4 is 10.6 Å². The Hall–Kier alpha value is -6.74. The molecule has 2 fully saturated rings. The molecule has 4 amide bonds. The average Bonchev–Trinajstić information content (AvgIpc) is 4.13. The molecule has 0 bridgehead atoms. The summed E-state index contributed by atoms with van der Waals surface area (Å²) in [5.74, 6) is 0.946. The zero-order valence-electron chi connectivity index (χ0n) is 35.5. The number of nitrogens with one attached hydrogen (secondary N) is 4. The number of hydrogen-bond donors (Lipinski definition) is 4. The van der Waals surface area contributed by atoms with Gasteiger partial charge in [-0.05, 0) is 65.0 Å². The Morgan fingerprint density at radius 2 is 1.52 bits per heavy atom. The maximum absolute atomic E-state index is 14.0. The molecule has 62 heavy (non-hydrogen) atoms. The molecule has 2 aromatic heterocycles. The molecule has 6 aromatic rings. The van der Waals surface area contributed by atoms with Gasteiger partial charge in [-0.25, -0.2) is 19.6 Å². The van der Waals surface area contributed by atoms with Crippen LogP contribution in [0.2, 0.25) is 0 Å². The molecule has 8 rings (SSSR count). The van der Waals surface area contributed by atoms with E-state index in [0.717, 1.165) is 57.0 Å². The van der Waals surface area contributed by atoms with E-state index < -0.39 is 24.3 Å². The molecular weight excluding hydrogens is 789 g/mol. The summed E-state index contributed by atoms with van der Waals surface area (Å²) in [6.45, 7) is 5.33. The van der Waals surface area contributed by atoms with Crippen molar-refractivity contribution >= 4 is 45.8 Å². The van der Waals surface area contributed by atoms with Crippen molar-refractivity contribution in [1.29, 1.82) is 0 Å². The quantitative estimate of drug-likeness (QED) is 0.0972. The third-order valence-corrected chi connectivity index (χ3v) is 12.1. The van der Waals surface area contributed by atoms with Gasteiger partial charge in [-0.2, -0.15) is 0 Å². The monoisotopic (exact) mass is 840 g/mol. The van der Waals surface area contributed by atoms with Crippen LogP contribution in [0.4, 0.5) is 9.59 Å². The summed E-state index contributed by atoms with van der Waals surface area (Å²) < 4.78 is 15.2. The van der Waals surface area contributed by atoms with Gasteiger partial charge in [0.2, 0.25) is 5.91 Å². The van der Waals surface area contributed by atoms with Gasteiger partial charge in [0.25, 0.3) is 5.91 Å². The van der Waals surface area contributed by atoms with Crippen LogP contribution in [-0.2, 0) is 23.8 Å². The first-order valence-electron chi connectivity index (χ1n) is 21.0. The average molecular weight is 841 g/mol. The van der Waals surface area contributed by atoms with Crippen LogP contribution in [0.15, 0.2) is 91.1 Å². The van der Waals surface area contributed by atoms with Crippen LogP contribution in [0.5, 0.6) is 0 Å². The Morgan fingerprint density at radius 1 is 0.790 bits per heavy atom. The number of hydrogen-bond acceptors (Lipinski definition) is 9. The summed E-state index contributed by atoms with van der Waals surface area (Å²) in [6, 6.07) is 25.6. The predicted molar refractivity (Wildman–Crippen MR) is 234 cm³/mol. The number of carbonyl (C=O) groups excluding carboxylic acids is 4. The lowest BCUT2D eigenvalue weighted by Crippen LogP contribution is -2.51. The predicted octanol–water partition coefficient (Wildman–Crippen LogP) is 7.45. The van der Waals surface area contributed by atoms with Crippen LogP contribution in [0.25, 0.3) is 44.2 Å². The molecule has 2 saturated heterocycles. The summed E-state index contributed by atoms with van der Waals surface area (Å²) >= 11 is 0. The Bertz CT molecular complexity index is 2570. The molecule has 4 heterocycles. The molecule has 0 spiro atoms. The Kier molecular flexibility index (Phi) is 12.2. The molecule has 0 unspecified atom stereocenters. The first kappa shape index (κ1) is 42.0. The molecule has 322 valence electrons. The van der Waals surface area contributed by atoms with E-state index in [4.69, 9.17) is 24.2 Å². The van der Waals surface area contributed by atoms with Gasteiger partial charge in [-0.15, -0.1) is 0 Å². The number of amides is 4. The molecule has 2 aliphatic rings. The molecule has 15 heteroatoms. The maximum atomic E-state index is 14.0. The van der Waals surface area contributed by atoms with Crippen molar-refractivity contribution in [2.24, 2.45) is 11.8 Å². The van der Waals surface area contributed by atoms with Crippen molar-refractivity contribution in [1.82, 2.24) is 40.4 Å². The molecule has 4 aromatic carbocycles. The lowest BCUT2D eigenvalue weighted by molar-refractivity contribution is -0.136. The highest BCUT2D eigenvalue weighted by atomic mass is 16.5. The molecule has 0 aliphatic carbocycles. The normalized spacial score (nSPS) is 18.6. The van der Waals surface area contributed by atoms with E-state index in [1.54, 1.807) is 18.2 Å². The Morgan fingerprint density at radius 3 is 2.24 bits per heavy atom. The van der Waals surface area contributed by atoms with Crippen LogP contribution in [-0.4, -0.2) is 101 Å². The number of carbonyl (C=O) groups is 4. The number of aromatic amines is 2. The number of imidazole rings is 2. The molecule has 4 N–H and O–H groups in total. The number of aromatic nitrogens is 4. The summed E-state index contributed by atoms with van der Waals surface area (Å²) in [6.07, 6.45) is 2.70. The van der Waals surface area contributed by atoms with Gasteiger partial charge in [-0.1, -0.05) is 86.6 Å². The second kappa shape index (κ2) is 18.1. The van der Waals surface area contributed by atoms with E-state index in [1.807, 2.05) is 55.1 Å². The highest BCUT2D eigenvalue weighted by Gasteiger charge is 2.42. The van der Waals surface area contributed by atoms with Crippen molar-refractivity contribution in [3.05, 3.63) is 108 Å². The molecule has 0 radical (unpaired) electrons. The minimum Gasteiger partial charge on any atom is -0.453 e. The largest absolute Gasteiger partial charge is 0.453 e. The first-order valence-corrected chi connectivity index (χ1v) is 21.0. The van der Waals surface area contributed by atoms with E-state index in [0.29, 0.717) is 43.3 Å². The SMILES string of the molecule is COC[C@H]1C[C@@H](c2nc3ccc4cc(-c5ccc(-c6cnc([C@@H]7CCCN7C(=O)[C@H](NC(=O)OC)c7ccccc7)[nH]6)cc5)ccc4c3[nH]2)N(C(=O)[C@@H](NC(=O)OC)C(C)C)C1. The summed E-state index contributed by atoms with van der Waals surface area (Å²) in [5, 5.41) is 7.50. The molecule has 0 saturated carbocycles. The van der Waals surface area contributed by atoms with Crippen LogP contribution >= 0.6 is 0 Å². The fourth-order valence-electron chi connectivity index (χ4n) is 8.91. The van der Waals surface area contributed by atoms with Gasteiger partial charge in [0.15, 0.2) is 0 Å². The number of benzene rings is 4. The van der Waals surface area contributed by atoms with E-state index >= 15 is 0 Å². The fourth-order valence-corrected chi connectivity index (χ4v) is 8.91. The Balaban J connectivity index is 0.998. The summed E-state index contributed by atoms with van der Waals surface area (Å²) in [7, 11) is 4.23. The topological polar surface area (TPSA) is 184 Å². The second-order valence-corrected chi connectivity index (χ2v) is 16.4. The van der Waals surface area contributed by atoms with Gasteiger partial charge >= 0.3 is 12.2 Å². The smallest absolute Gasteiger partial charge is 0.407 e. The van der Waals surface area contributed by atoms with Gasteiger partial charge in [-0.3, -0.25) is 9.59 Å². The number of H-pyrrole nitrogens is 2. The van der Waals surface area contributed by atoms with Crippen LogP contribution in [0.1, 0.15) is 68.4 Å². The number of methoxy groups -OCH3 is 3.